The summed E-state index contributed by atoms with van der Waals surface area (Å²) in [5, 5.41) is 19.4. The van der Waals surface area contributed by atoms with Gasteiger partial charge in [0.2, 0.25) is 0 Å². The summed E-state index contributed by atoms with van der Waals surface area (Å²) >= 11 is 0. The minimum atomic E-state index is 0.0978. The van der Waals surface area contributed by atoms with Crippen LogP contribution < -0.4 is 26.6 Å². The standard InChI is InChI=1S/C23H47N5/c1-22(2)17-27-21-12-8-7-11-20(21)25-14-13-24-18-9-5-6-10-19(18)26-15-16-28-23(22,3)4/h18-21,24-28H,5-17H2,1-4H3. The maximum Gasteiger partial charge on any atom is 0.0221 e. The fourth-order valence-corrected chi connectivity index (χ4v) is 5.23. The zero-order valence-electron chi connectivity index (χ0n) is 19.0. The van der Waals surface area contributed by atoms with E-state index in [1.165, 1.54) is 51.4 Å². The van der Waals surface area contributed by atoms with Gasteiger partial charge in [0.1, 0.15) is 0 Å². The first-order valence-corrected chi connectivity index (χ1v) is 12.1. The third-order valence-electron chi connectivity index (χ3n) is 8.07. The lowest BCUT2D eigenvalue weighted by molar-refractivity contribution is 0.135. The summed E-state index contributed by atoms with van der Waals surface area (Å²) in [5.41, 5.74) is 0.293. The molecule has 0 amide bonds. The molecule has 4 atom stereocenters. The summed E-state index contributed by atoms with van der Waals surface area (Å²) in [5.74, 6) is 0. The highest BCUT2D eigenvalue weighted by atomic mass is 15.1. The number of hydrogen-bond donors (Lipinski definition) is 5. The zero-order chi connectivity index (χ0) is 20.0. The van der Waals surface area contributed by atoms with Gasteiger partial charge in [-0.2, -0.15) is 0 Å². The topological polar surface area (TPSA) is 60.1 Å². The van der Waals surface area contributed by atoms with Crippen molar-refractivity contribution in [1.29, 1.82) is 0 Å². The minimum absolute atomic E-state index is 0.0978. The van der Waals surface area contributed by atoms with Crippen LogP contribution in [0.25, 0.3) is 0 Å². The number of fused-ring (bicyclic) bond motifs is 2. The Labute approximate surface area is 173 Å². The molecule has 4 unspecified atom stereocenters. The van der Waals surface area contributed by atoms with E-state index in [-0.39, 0.29) is 11.0 Å². The minimum Gasteiger partial charge on any atom is -0.312 e. The molecular weight excluding hydrogens is 346 g/mol. The van der Waals surface area contributed by atoms with Crippen molar-refractivity contribution in [3.05, 3.63) is 0 Å². The van der Waals surface area contributed by atoms with Crippen molar-refractivity contribution in [3.8, 4) is 0 Å². The van der Waals surface area contributed by atoms with Crippen LogP contribution in [0.3, 0.4) is 0 Å². The Hall–Kier alpha value is -0.200. The molecule has 5 N–H and O–H groups in total. The predicted molar refractivity (Wildman–Crippen MR) is 120 cm³/mol. The smallest absolute Gasteiger partial charge is 0.0221 e. The molecular formula is C23H47N5. The van der Waals surface area contributed by atoms with Gasteiger partial charge in [-0.25, -0.2) is 0 Å². The molecule has 5 nitrogen and oxygen atoms in total. The van der Waals surface area contributed by atoms with Crippen LogP contribution in [0.5, 0.6) is 0 Å². The van der Waals surface area contributed by atoms with E-state index in [1.807, 2.05) is 0 Å². The molecule has 1 heterocycles. The van der Waals surface area contributed by atoms with E-state index < -0.39 is 0 Å². The van der Waals surface area contributed by atoms with Crippen LogP contribution in [0, 0.1) is 5.41 Å². The van der Waals surface area contributed by atoms with E-state index in [0.717, 1.165) is 32.7 Å². The van der Waals surface area contributed by atoms with E-state index in [4.69, 9.17) is 0 Å². The second-order valence-electron chi connectivity index (χ2n) is 10.7. The van der Waals surface area contributed by atoms with Crippen molar-refractivity contribution < 1.29 is 0 Å². The Morgan fingerprint density at radius 1 is 0.536 bits per heavy atom. The Morgan fingerprint density at radius 2 is 0.929 bits per heavy atom. The summed E-state index contributed by atoms with van der Waals surface area (Å²) in [4.78, 5) is 0. The van der Waals surface area contributed by atoms with Crippen molar-refractivity contribution in [1.82, 2.24) is 26.6 Å². The summed E-state index contributed by atoms with van der Waals surface area (Å²) in [6.07, 6.45) is 10.7. The van der Waals surface area contributed by atoms with Crippen molar-refractivity contribution in [3.63, 3.8) is 0 Å². The molecule has 1 aliphatic heterocycles. The van der Waals surface area contributed by atoms with Crippen LogP contribution in [0.4, 0.5) is 0 Å². The maximum atomic E-state index is 3.96. The molecule has 1 saturated heterocycles. The van der Waals surface area contributed by atoms with Gasteiger partial charge in [-0.05, 0) is 44.9 Å². The van der Waals surface area contributed by atoms with Gasteiger partial charge in [0, 0.05) is 62.4 Å². The fraction of sp³-hybridized carbons (Fsp3) is 1.00. The van der Waals surface area contributed by atoms with Crippen LogP contribution >= 0.6 is 0 Å². The van der Waals surface area contributed by atoms with Gasteiger partial charge < -0.3 is 26.6 Å². The van der Waals surface area contributed by atoms with E-state index in [1.54, 1.807) is 0 Å². The first kappa shape index (κ1) is 22.5. The average molecular weight is 394 g/mol. The third kappa shape index (κ3) is 5.91. The summed E-state index contributed by atoms with van der Waals surface area (Å²) < 4.78 is 0. The lowest BCUT2D eigenvalue weighted by Crippen LogP contribution is -2.60. The van der Waals surface area contributed by atoms with Crippen molar-refractivity contribution in [2.75, 3.05) is 32.7 Å². The second-order valence-corrected chi connectivity index (χ2v) is 10.7. The van der Waals surface area contributed by atoms with E-state index in [0.29, 0.717) is 24.2 Å². The molecule has 3 aliphatic rings. The maximum absolute atomic E-state index is 3.96. The molecule has 2 aliphatic carbocycles. The Bertz CT molecular complexity index is 464. The lowest BCUT2D eigenvalue weighted by Gasteiger charge is -2.45. The van der Waals surface area contributed by atoms with Gasteiger partial charge in [-0.1, -0.05) is 39.5 Å². The van der Waals surface area contributed by atoms with E-state index in [2.05, 4.69) is 54.3 Å². The van der Waals surface area contributed by atoms with Gasteiger partial charge in [-0.3, -0.25) is 0 Å². The zero-order valence-corrected chi connectivity index (χ0v) is 19.0. The monoisotopic (exact) mass is 393 g/mol. The number of nitrogens with one attached hydrogen (secondary N) is 5. The Morgan fingerprint density at radius 3 is 1.39 bits per heavy atom. The molecule has 0 aromatic heterocycles. The molecule has 3 rings (SSSR count). The molecule has 0 spiro atoms. The highest BCUT2D eigenvalue weighted by Crippen LogP contribution is 2.30. The summed E-state index contributed by atoms with van der Waals surface area (Å²) in [6, 6.07) is 2.49. The van der Waals surface area contributed by atoms with Crippen LogP contribution in [0.2, 0.25) is 0 Å². The van der Waals surface area contributed by atoms with Crippen molar-refractivity contribution in [2.24, 2.45) is 5.41 Å². The molecule has 2 saturated carbocycles. The lowest BCUT2D eigenvalue weighted by atomic mass is 9.74. The first-order valence-electron chi connectivity index (χ1n) is 12.1. The predicted octanol–water partition coefficient (Wildman–Crippen LogP) is 2.38. The fourth-order valence-electron chi connectivity index (χ4n) is 5.23. The SMILES string of the molecule is CC1(C)CNC2CCCCC2NCCNC2CCCCC2NCCNC1(C)C. The highest BCUT2D eigenvalue weighted by molar-refractivity contribution is 4.97. The second kappa shape index (κ2) is 10.2. The van der Waals surface area contributed by atoms with Gasteiger partial charge in [-0.15, -0.1) is 0 Å². The molecule has 3 fully saturated rings. The quantitative estimate of drug-likeness (QED) is 0.437. The van der Waals surface area contributed by atoms with Crippen LogP contribution in [0.1, 0.15) is 79.1 Å². The van der Waals surface area contributed by atoms with Gasteiger partial charge in [0.05, 0.1) is 0 Å². The highest BCUT2D eigenvalue weighted by Gasteiger charge is 2.37. The first-order chi connectivity index (χ1) is 13.4. The van der Waals surface area contributed by atoms with E-state index in [9.17, 15) is 0 Å². The largest absolute Gasteiger partial charge is 0.312 e. The summed E-state index contributed by atoms with van der Waals surface area (Å²) in [7, 11) is 0. The van der Waals surface area contributed by atoms with Gasteiger partial charge in [0.15, 0.2) is 0 Å². The summed E-state index contributed by atoms with van der Waals surface area (Å²) in [6.45, 7) is 14.9. The number of rotatable bonds is 0. The normalized spacial score (nSPS) is 38.1. The molecule has 0 aromatic rings. The van der Waals surface area contributed by atoms with E-state index >= 15 is 0 Å². The molecule has 5 heteroatoms. The molecule has 0 radical (unpaired) electrons. The number of hydrogen-bond acceptors (Lipinski definition) is 5. The average Bonchev–Trinajstić information content (AvgIpc) is 2.68. The molecule has 0 bridgehead atoms. The Kier molecular flexibility index (Phi) is 8.20. The van der Waals surface area contributed by atoms with Gasteiger partial charge >= 0.3 is 0 Å². The van der Waals surface area contributed by atoms with Crippen LogP contribution in [0.15, 0.2) is 0 Å². The Balaban J connectivity index is 1.66. The third-order valence-corrected chi connectivity index (χ3v) is 8.07. The molecule has 164 valence electrons. The van der Waals surface area contributed by atoms with Gasteiger partial charge in [0.25, 0.3) is 0 Å². The molecule has 0 aromatic carbocycles. The van der Waals surface area contributed by atoms with Crippen molar-refractivity contribution in [2.45, 2.75) is 109 Å². The molecule has 28 heavy (non-hydrogen) atoms. The van der Waals surface area contributed by atoms with Crippen LogP contribution in [-0.4, -0.2) is 62.4 Å². The van der Waals surface area contributed by atoms with Crippen LogP contribution in [-0.2, 0) is 0 Å². The van der Waals surface area contributed by atoms with Crippen molar-refractivity contribution >= 4 is 0 Å².